The number of aromatic nitrogens is 2. The van der Waals surface area contributed by atoms with Gasteiger partial charge in [-0.1, -0.05) is 0 Å². The molecule has 0 aliphatic carbocycles. The summed E-state index contributed by atoms with van der Waals surface area (Å²) in [5.41, 5.74) is 6.29. The van der Waals surface area contributed by atoms with Crippen molar-refractivity contribution in [2.24, 2.45) is 5.73 Å². The van der Waals surface area contributed by atoms with Gasteiger partial charge in [-0.3, -0.25) is 9.59 Å². The van der Waals surface area contributed by atoms with Crippen LogP contribution in [0.2, 0.25) is 0 Å². The molecule has 1 amide bonds. The minimum Gasteiger partial charge on any atom is -0.481 e. The van der Waals surface area contributed by atoms with Gasteiger partial charge in [0.05, 0.1) is 12.4 Å². The zero-order chi connectivity index (χ0) is 15.1. The molecule has 2 atom stereocenters. The van der Waals surface area contributed by atoms with E-state index >= 15 is 0 Å². The minimum atomic E-state index is -1.30. The highest BCUT2D eigenvalue weighted by Gasteiger charge is 2.24. The molecule has 0 aromatic carbocycles. The first-order valence-corrected chi connectivity index (χ1v) is 5.88. The third-order valence-corrected chi connectivity index (χ3v) is 2.59. The minimum absolute atomic E-state index is 0.178. The Bertz CT molecular complexity index is 473. The van der Waals surface area contributed by atoms with Crippen LogP contribution in [0.3, 0.4) is 0 Å². The molecule has 0 aliphatic rings. The van der Waals surface area contributed by atoms with E-state index in [1.165, 1.54) is 12.5 Å². The van der Waals surface area contributed by atoms with Crippen LogP contribution in [0, 0.1) is 0 Å². The van der Waals surface area contributed by atoms with Gasteiger partial charge in [-0.2, -0.15) is 0 Å². The molecule has 0 saturated heterocycles. The molecule has 20 heavy (non-hydrogen) atoms. The fourth-order valence-corrected chi connectivity index (χ4v) is 1.53. The van der Waals surface area contributed by atoms with Crippen molar-refractivity contribution in [3.05, 3.63) is 18.2 Å². The maximum atomic E-state index is 11.7. The van der Waals surface area contributed by atoms with Crippen molar-refractivity contribution in [2.75, 3.05) is 0 Å². The third-order valence-electron chi connectivity index (χ3n) is 2.59. The zero-order valence-corrected chi connectivity index (χ0v) is 10.6. The Balaban J connectivity index is 2.52. The Kier molecular flexibility index (Phi) is 5.66. The van der Waals surface area contributed by atoms with Crippen LogP contribution in [0.5, 0.6) is 0 Å². The molecule has 1 aromatic rings. The van der Waals surface area contributed by atoms with Crippen LogP contribution in [-0.2, 0) is 20.8 Å². The number of nitrogens with zero attached hydrogens (tertiary/aromatic N) is 1. The number of rotatable bonds is 8. The largest absolute Gasteiger partial charge is 0.481 e. The predicted molar refractivity (Wildman–Crippen MR) is 66.7 cm³/mol. The number of aliphatic carboxylic acids is 2. The summed E-state index contributed by atoms with van der Waals surface area (Å²) < 4.78 is 0. The summed E-state index contributed by atoms with van der Waals surface area (Å²) in [5, 5.41) is 19.6. The van der Waals surface area contributed by atoms with Gasteiger partial charge >= 0.3 is 11.9 Å². The first-order chi connectivity index (χ1) is 9.40. The van der Waals surface area contributed by atoms with E-state index in [2.05, 4.69) is 15.3 Å². The lowest BCUT2D eigenvalue weighted by molar-refractivity contribution is -0.143. The Hall–Kier alpha value is -2.42. The number of carboxylic acids is 2. The molecular weight excluding hydrogens is 268 g/mol. The first kappa shape index (κ1) is 15.6. The van der Waals surface area contributed by atoms with E-state index in [-0.39, 0.29) is 19.3 Å². The highest BCUT2D eigenvalue weighted by Crippen LogP contribution is 2.01. The summed E-state index contributed by atoms with van der Waals surface area (Å²) in [5.74, 6) is -3.09. The highest BCUT2D eigenvalue weighted by molar-refractivity contribution is 5.87. The summed E-state index contributed by atoms with van der Waals surface area (Å²) in [6.07, 6.45) is 2.57. The smallest absolute Gasteiger partial charge is 0.326 e. The molecule has 1 rings (SSSR count). The summed E-state index contributed by atoms with van der Waals surface area (Å²) in [6, 6.07) is -2.21. The number of amides is 1. The van der Waals surface area contributed by atoms with Gasteiger partial charge in [-0.05, 0) is 6.42 Å². The van der Waals surface area contributed by atoms with Crippen LogP contribution >= 0.6 is 0 Å². The van der Waals surface area contributed by atoms with Crippen molar-refractivity contribution in [3.8, 4) is 0 Å². The number of hydrogen-bond donors (Lipinski definition) is 5. The second kappa shape index (κ2) is 7.24. The number of nitrogens with two attached hydrogens (primary N) is 1. The van der Waals surface area contributed by atoms with Gasteiger partial charge in [0.15, 0.2) is 0 Å². The summed E-state index contributed by atoms with van der Waals surface area (Å²) in [7, 11) is 0. The zero-order valence-electron chi connectivity index (χ0n) is 10.6. The van der Waals surface area contributed by atoms with Crippen LogP contribution in [0.1, 0.15) is 18.5 Å². The van der Waals surface area contributed by atoms with Crippen LogP contribution < -0.4 is 11.1 Å². The SMILES string of the molecule is N[C@@H](Cc1cnc[nH]1)C(=O)N[C@@H](CCC(=O)O)C(=O)O. The molecule has 0 aliphatic heterocycles. The Labute approximate surface area is 114 Å². The lowest BCUT2D eigenvalue weighted by atomic mass is 10.1. The molecule has 0 radical (unpaired) electrons. The lowest BCUT2D eigenvalue weighted by Gasteiger charge is -2.16. The van der Waals surface area contributed by atoms with Crippen molar-refractivity contribution in [2.45, 2.75) is 31.3 Å². The van der Waals surface area contributed by atoms with E-state index < -0.39 is 29.9 Å². The van der Waals surface area contributed by atoms with Gasteiger partial charge in [0, 0.05) is 24.7 Å². The Morgan fingerprint density at radius 2 is 2.10 bits per heavy atom. The lowest BCUT2D eigenvalue weighted by Crippen LogP contribution is -2.49. The van der Waals surface area contributed by atoms with Gasteiger partial charge in [0.2, 0.25) is 5.91 Å². The second-order valence-corrected chi connectivity index (χ2v) is 4.22. The number of nitrogens with one attached hydrogen (secondary N) is 2. The fourth-order valence-electron chi connectivity index (χ4n) is 1.53. The summed E-state index contributed by atoms with van der Waals surface area (Å²) in [4.78, 5) is 39.6. The molecule has 0 unspecified atom stereocenters. The first-order valence-electron chi connectivity index (χ1n) is 5.88. The number of carbonyl (C=O) groups excluding carboxylic acids is 1. The quantitative estimate of drug-likeness (QED) is 0.397. The average molecular weight is 284 g/mol. The maximum absolute atomic E-state index is 11.7. The van der Waals surface area contributed by atoms with E-state index in [0.29, 0.717) is 5.69 Å². The second-order valence-electron chi connectivity index (χ2n) is 4.22. The number of H-pyrrole nitrogens is 1. The monoisotopic (exact) mass is 284 g/mol. The fraction of sp³-hybridized carbons (Fsp3) is 0.455. The highest BCUT2D eigenvalue weighted by atomic mass is 16.4. The normalized spacial score (nSPS) is 13.4. The van der Waals surface area contributed by atoms with Gasteiger partial charge in [0.25, 0.3) is 0 Å². The van der Waals surface area contributed by atoms with Crippen molar-refractivity contribution in [1.82, 2.24) is 15.3 Å². The van der Waals surface area contributed by atoms with Crippen molar-refractivity contribution >= 4 is 17.8 Å². The molecule has 9 heteroatoms. The Morgan fingerprint density at radius 1 is 1.40 bits per heavy atom. The van der Waals surface area contributed by atoms with Gasteiger partial charge in [-0.25, -0.2) is 9.78 Å². The molecule has 6 N–H and O–H groups in total. The van der Waals surface area contributed by atoms with Gasteiger partial charge < -0.3 is 26.2 Å². The van der Waals surface area contributed by atoms with E-state index in [1.807, 2.05) is 0 Å². The topological polar surface area (TPSA) is 158 Å². The van der Waals surface area contributed by atoms with E-state index in [1.54, 1.807) is 0 Å². The molecule has 1 aromatic heterocycles. The Morgan fingerprint density at radius 3 is 2.60 bits per heavy atom. The number of carboxylic acid groups (broad SMARTS) is 2. The molecule has 9 nitrogen and oxygen atoms in total. The summed E-state index contributed by atoms with van der Waals surface area (Å²) >= 11 is 0. The van der Waals surface area contributed by atoms with E-state index in [9.17, 15) is 14.4 Å². The van der Waals surface area contributed by atoms with Crippen LogP contribution in [-0.4, -0.2) is 50.1 Å². The van der Waals surface area contributed by atoms with Crippen molar-refractivity contribution in [3.63, 3.8) is 0 Å². The molecule has 0 spiro atoms. The van der Waals surface area contributed by atoms with Gasteiger partial charge in [0.1, 0.15) is 6.04 Å². The van der Waals surface area contributed by atoms with Crippen LogP contribution in [0.15, 0.2) is 12.5 Å². The standard InChI is InChI=1S/C11H16N4O5/c12-7(3-6-4-13-5-14-6)10(18)15-8(11(19)20)1-2-9(16)17/h4-5,7-8H,1-3,12H2,(H,13,14)(H,15,18)(H,16,17)(H,19,20)/t7-,8-/m0/s1. The molecule has 110 valence electrons. The summed E-state index contributed by atoms with van der Waals surface area (Å²) in [6.45, 7) is 0. The van der Waals surface area contributed by atoms with E-state index in [4.69, 9.17) is 15.9 Å². The number of imidazole rings is 1. The number of aromatic amines is 1. The molecule has 0 saturated carbocycles. The number of hydrogen-bond acceptors (Lipinski definition) is 5. The van der Waals surface area contributed by atoms with Crippen molar-refractivity contribution in [1.29, 1.82) is 0 Å². The third kappa shape index (κ3) is 5.06. The average Bonchev–Trinajstić information content (AvgIpc) is 2.86. The molecule has 1 heterocycles. The predicted octanol–water partition coefficient (Wildman–Crippen LogP) is -1.29. The van der Waals surface area contributed by atoms with Crippen LogP contribution in [0.25, 0.3) is 0 Å². The molecule has 0 fully saturated rings. The molecule has 0 bridgehead atoms. The van der Waals surface area contributed by atoms with Gasteiger partial charge in [-0.15, -0.1) is 0 Å². The van der Waals surface area contributed by atoms with Crippen LogP contribution in [0.4, 0.5) is 0 Å². The van der Waals surface area contributed by atoms with Crippen molar-refractivity contribution < 1.29 is 24.6 Å². The molecular formula is C11H16N4O5. The maximum Gasteiger partial charge on any atom is 0.326 e. The number of carbonyl (C=O) groups is 3. The van der Waals surface area contributed by atoms with E-state index in [0.717, 1.165) is 0 Å².